The Morgan fingerprint density at radius 2 is 1.58 bits per heavy atom. The van der Waals surface area contributed by atoms with Crippen LogP contribution in [0.1, 0.15) is 30.9 Å². The first kappa shape index (κ1) is 22.6. The Kier molecular flexibility index (Phi) is 7.15. The number of anilines is 2. The third-order valence-corrected chi connectivity index (χ3v) is 5.74. The molecule has 0 unspecified atom stereocenters. The predicted molar refractivity (Wildman–Crippen MR) is 124 cm³/mol. The van der Waals surface area contributed by atoms with E-state index < -0.39 is 0 Å². The summed E-state index contributed by atoms with van der Waals surface area (Å²) in [5, 5.41) is 3.15. The number of hydrogen-bond acceptors (Lipinski definition) is 5. The molecule has 1 heterocycles. The van der Waals surface area contributed by atoms with Crippen LogP contribution in [-0.2, 0) is 0 Å². The van der Waals surface area contributed by atoms with Gasteiger partial charge in [0, 0.05) is 49.7 Å². The van der Waals surface area contributed by atoms with Crippen molar-refractivity contribution in [2.24, 2.45) is 0 Å². The summed E-state index contributed by atoms with van der Waals surface area (Å²) in [7, 11) is 4.82. The highest BCUT2D eigenvalue weighted by Gasteiger charge is 2.24. The van der Waals surface area contributed by atoms with Gasteiger partial charge < -0.3 is 29.3 Å². The SMILES string of the molecule is COc1cc(N2CCN(C(=O)Nc3c(C)cccc3C(C)C)CC2)cc(OC)c1OC. The molecule has 1 N–H and O–H groups in total. The molecule has 1 aliphatic rings. The Hall–Kier alpha value is -3.09. The maximum atomic E-state index is 13.0. The van der Waals surface area contributed by atoms with Crippen LogP contribution in [0.5, 0.6) is 17.2 Å². The maximum absolute atomic E-state index is 13.0. The number of rotatable bonds is 6. The summed E-state index contributed by atoms with van der Waals surface area (Å²) >= 11 is 0. The van der Waals surface area contributed by atoms with Crippen LogP contribution in [0, 0.1) is 6.92 Å². The van der Waals surface area contributed by atoms with Gasteiger partial charge in [0.25, 0.3) is 0 Å². The molecule has 3 rings (SSSR count). The Morgan fingerprint density at radius 1 is 0.968 bits per heavy atom. The zero-order valence-corrected chi connectivity index (χ0v) is 19.3. The Balaban J connectivity index is 1.70. The lowest BCUT2D eigenvalue weighted by Crippen LogP contribution is -2.50. The first-order valence-electron chi connectivity index (χ1n) is 10.6. The number of ether oxygens (including phenoxy) is 3. The molecule has 0 saturated carbocycles. The lowest BCUT2D eigenvalue weighted by atomic mass is 9.98. The van der Waals surface area contributed by atoms with Crippen LogP contribution in [0.3, 0.4) is 0 Å². The third kappa shape index (κ3) is 4.81. The number of methoxy groups -OCH3 is 3. The van der Waals surface area contributed by atoms with Gasteiger partial charge in [-0.25, -0.2) is 4.79 Å². The maximum Gasteiger partial charge on any atom is 0.321 e. The smallest absolute Gasteiger partial charge is 0.321 e. The van der Waals surface area contributed by atoms with Crippen LogP contribution in [0.4, 0.5) is 16.2 Å². The number of aryl methyl sites for hydroxylation is 1. The molecule has 0 aromatic heterocycles. The first-order chi connectivity index (χ1) is 14.9. The lowest BCUT2D eigenvalue weighted by molar-refractivity contribution is 0.208. The number of hydrogen-bond donors (Lipinski definition) is 1. The molecule has 2 amide bonds. The van der Waals surface area contributed by atoms with Gasteiger partial charge in [-0.2, -0.15) is 0 Å². The number of piperazine rings is 1. The largest absolute Gasteiger partial charge is 0.493 e. The van der Waals surface area contributed by atoms with Crippen LogP contribution >= 0.6 is 0 Å². The summed E-state index contributed by atoms with van der Waals surface area (Å²) < 4.78 is 16.4. The summed E-state index contributed by atoms with van der Waals surface area (Å²) in [5.41, 5.74) is 4.14. The molecule has 0 spiro atoms. The van der Waals surface area contributed by atoms with Gasteiger partial charge in [0.15, 0.2) is 11.5 Å². The van der Waals surface area contributed by atoms with E-state index in [2.05, 4.69) is 30.1 Å². The van der Waals surface area contributed by atoms with Gasteiger partial charge in [-0.05, 0) is 24.0 Å². The summed E-state index contributed by atoms with van der Waals surface area (Å²) in [6.07, 6.45) is 0. The van der Waals surface area contributed by atoms with E-state index in [0.29, 0.717) is 36.3 Å². The minimum Gasteiger partial charge on any atom is -0.493 e. The van der Waals surface area contributed by atoms with Crippen LogP contribution in [-0.4, -0.2) is 58.4 Å². The zero-order valence-electron chi connectivity index (χ0n) is 19.3. The van der Waals surface area contributed by atoms with Crippen molar-refractivity contribution in [3.8, 4) is 17.2 Å². The van der Waals surface area contributed by atoms with E-state index in [1.807, 2.05) is 36.1 Å². The fourth-order valence-electron chi connectivity index (χ4n) is 3.95. The summed E-state index contributed by atoms with van der Waals surface area (Å²) in [5.74, 6) is 2.16. The number of benzene rings is 2. The molecule has 1 fully saturated rings. The molecular formula is C24H33N3O4. The van der Waals surface area contributed by atoms with E-state index in [9.17, 15) is 4.79 Å². The second-order valence-electron chi connectivity index (χ2n) is 7.98. The van der Waals surface area contributed by atoms with Crippen LogP contribution in [0.2, 0.25) is 0 Å². The Labute approximate surface area is 184 Å². The van der Waals surface area contributed by atoms with Gasteiger partial charge >= 0.3 is 6.03 Å². The van der Waals surface area contributed by atoms with Crippen molar-refractivity contribution >= 4 is 17.4 Å². The summed E-state index contributed by atoms with van der Waals surface area (Å²) in [6.45, 7) is 9.01. The quantitative estimate of drug-likeness (QED) is 0.736. The van der Waals surface area contributed by atoms with Crippen molar-refractivity contribution in [2.45, 2.75) is 26.7 Å². The second-order valence-corrected chi connectivity index (χ2v) is 7.98. The molecule has 168 valence electrons. The first-order valence-corrected chi connectivity index (χ1v) is 10.6. The van der Waals surface area contributed by atoms with Crippen molar-refractivity contribution in [1.29, 1.82) is 0 Å². The van der Waals surface area contributed by atoms with E-state index in [-0.39, 0.29) is 6.03 Å². The highest BCUT2D eigenvalue weighted by molar-refractivity contribution is 5.91. The molecule has 0 atom stereocenters. The standard InChI is InChI=1S/C24H33N3O4/c1-16(2)19-9-7-8-17(3)22(19)25-24(28)27-12-10-26(11-13-27)18-14-20(29-4)23(31-6)21(15-18)30-5/h7-9,14-16H,10-13H2,1-6H3,(H,25,28). The molecule has 1 saturated heterocycles. The van der Waals surface area contributed by atoms with Crippen molar-refractivity contribution in [1.82, 2.24) is 4.90 Å². The minimum atomic E-state index is -0.0549. The molecular weight excluding hydrogens is 394 g/mol. The molecule has 1 aliphatic heterocycles. The number of nitrogens with one attached hydrogen (secondary N) is 1. The van der Waals surface area contributed by atoms with Crippen molar-refractivity contribution in [3.63, 3.8) is 0 Å². The fraction of sp³-hybridized carbons (Fsp3) is 0.458. The molecule has 7 heteroatoms. The Bertz CT molecular complexity index is 896. The van der Waals surface area contributed by atoms with E-state index in [0.717, 1.165) is 35.6 Å². The van der Waals surface area contributed by atoms with Crippen molar-refractivity contribution in [2.75, 3.05) is 57.7 Å². The van der Waals surface area contributed by atoms with Gasteiger partial charge in [0.05, 0.1) is 21.3 Å². The molecule has 7 nitrogen and oxygen atoms in total. The summed E-state index contributed by atoms with van der Waals surface area (Å²) in [4.78, 5) is 17.1. The van der Waals surface area contributed by atoms with E-state index in [4.69, 9.17) is 14.2 Å². The number of para-hydroxylation sites is 1. The zero-order chi connectivity index (χ0) is 22.5. The number of carbonyl (C=O) groups is 1. The van der Waals surface area contributed by atoms with Gasteiger partial charge in [0.2, 0.25) is 5.75 Å². The molecule has 0 radical (unpaired) electrons. The second kappa shape index (κ2) is 9.81. The van der Waals surface area contributed by atoms with Gasteiger partial charge in [0.1, 0.15) is 0 Å². The van der Waals surface area contributed by atoms with Crippen LogP contribution in [0.15, 0.2) is 30.3 Å². The van der Waals surface area contributed by atoms with Crippen molar-refractivity contribution < 1.29 is 19.0 Å². The third-order valence-electron chi connectivity index (χ3n) is 5.74. The highest BCUT2D eigenvalue weighted by Crippen LogP contribution is 2.41. The molecule has 0 bridgehead atoms. The lowest BCUT2D eigenvalue weighted by Gasteiger charge is -2.36. The normalized spacial score (nSPS) is 13.9. The van der Waals surface area contributed by atoms with E-state index >= 15 is 0 Å². The topological polar surface area (TPSA) is 63.3 Å². The van der Waals surface area contributed by atoms with Gasteiger partial charge in [-0.1, -0.05) is 32.0 Å². The predicted octanol–water partition coefficient (Wildman–Crippen LogP) is 4.50. The molecule has 31 heavy (non-hydrogen) atoms. The highest BCUT2D eigenvalue weighted by atomic mass is 16.5. The average molecular weight is 428 g/mol. The van der Waals surface area contributed by atoms with Gasteiger partial charge in [-0.3, -0.25) is 0 Å². The van der Waals surface area contributed by atoms with E-state index in [1.54, 1.807) is 21.3 Å². The molecule has 0 aliphatic carbocycles. The van der Waals surface area contributed by atoms with Crippen LogP contribution < -0.4 is 24.4 Å². The monoisotopic (exact) mass is 427 g/mol. The molecule has 2 aromatic carbocycles. The van der Waals surface area contributed by atoms with Crippen molar-refractivity contribution in [3.05, 3.63) is 41.5 Å². The number of carbonyl (C=O) groups excluding carboxylic acids is 1. The number of amides is 2. The fourth-order valence-corrected chi connectivity index (χ4v) is 3.95. The number of nitrogens with zero attached hydrogens (tertiary/aromatic N) is 2. The van der Waals surface area contributed by atoms with Gasteiger partial charge in [-0.15, -0.1) is 0 Å². The summed E-state index contributed by atoms with van der Waals surface area (Å²) in [6, 6.07) is 9.98. The van der Waals surface area contributed by atoms with Crippen LogP contribution in [0.25, 0.3) is 0 Å². The minimum absolute atomic E-state index is 0.0549. The number of urea groups is 1. The van der Waals surface area contributed by atoms with E-state index in [1.165, 1.54) is 0 Å². The molecule has 2 aromatic rings. The average Bonchev–Trinajstić information content (AvgIpc) is 2.79. The Morgan fingerprint density at radius 3 is 2.10 bits per heavy atom.